The van der Waals surface area contributed by atoms with Crippen molar-refractivity contribution in [3.05, 3.63) is 165 Å². The van der Waals surface area contributed by atoms with E-state index < -0.39 is 37.1 Å². The molecule has 3 heterocycles. The Hall–Kier alpha value is -5.72. The van der Waals surface area contributed by atoms with Crippen molar-refractivity contribution < 1.29 is 28.8 Å². The van der Waals surface area contributed by atoms with Gasteiger partial charge in [-0.25, -0.2) is 4.90 Å². The van der Waals surface area contributed by atoms with E-state index >= 15 is 0 Å². The second-order valence-corrected chi connectivity index (χ2v) is 21.4. The number of anilines is 1. The van der Waals surface area contributed by atoms with Crippen LogP contribution in [0.3, 0.4) is 0 Å². The van der Waals surface area contributed by atoms with Crippen molar-refractivity contribution >= 4 is 65.1 Å². The summed E-state index contributed by atoms with van der Waals surface area (Å²) in [6.07, 6.45) is 4.69. The van der Waals surface area contributed by atoms with E-state index in [4.69, 9.17) is 20.8 Å². The lowest BCUT2D eigenvalue weighted by Crippen LogP contribution is -2.66. The highest BCUT2D eigenvalue weighted by Crippen LogP contribution is 2.51. The molecule has 4 aromatic carbocycles. The minimum Gasteiger partial charge on any atom is -0.508 e. The number of allylic oxidation sites excluding steroid dienone is 1. The van der Waals surface area contributed by atoms with Crippen molar-refractivity contribution in [1.82, 2.24) is 4.98 Å². The van der Waals surface area contributed by atoms with Crippen LogP contribution in [0.15, 0.2) is 139 Å². The minimum absolute atomic E-state index is 0.0706. The lowest BCUT2D eigenvalue weighted by Gasteiger charge is -2.44. The zero-order valence-electron chi connectivity index (χ0n) is 33.7. The Balaban J connectivity index is 1.20. The molecule has 8 rings (SSSR count). The first kappa shape index (κ1) is 41.0. The van der Waals surface area contributed by atoms with Crippen molar-refractivity contribution in [3.8, 4) is 5.75 Å². The van der Waals surface area contributed by atoms with Gasteiger partial charge in [0, 0.05) is 24.2 Å². The Kier molecular flexibility index (Phi) is 11.4. The van der Waals surface area contributed by atoms with Gasteiger partial charge in [0.25, 0.3) is 14.0 Å². The maximum atomic E-state index is 14.5. The van der Waals surface area contributed by atoms with Crippen molar-refractivity contribution in [2.75, 3.05) is 18.1 Å². The molecule has 1 N–H and O–H groups in total. The fourth-order valence-electron chi connectivity index (χ4n) is 9.50. The number of amides is 2. The van der Waals surface area contributed by atoms with Gasteiger partial charge in [-0.2, -0.15) is 0 Å². The molecule has 0 radical (unpaired) electrons. The number of aromatic hydroxyl groups is 1. The summed E-state index contributed by atoms with van der Waals surface area (Å²) in [4.78, 5) is 45.9. The van der Waals surface area contributed by atoms with Crippen LogP contribution in [0.2, 0.25) is 10.1 Å². The van der Waals surface area contributed by atoms with E-state index in [1.54, 1.807) is 24.4 Å². The quantitative estimate of drug-likeness (QED) is 0.0434. The fourth-order valence-corrected chi connectivity index (χ4v) is 14.3. The molecule has 10 nitrogen and oxygen atoms in total. The Bertz CT molecular complexity index is 2450. The molecule has 2 aliphatic heterocycles. The highest BCUT2D eigenvalue weighted by molar-refractivity contribution is 6.99. The maximum Gasteiger partial charge on any atom is 0.271 e. The normalized spacial score (nSPS) is 20.7. The fraction of sp³-hybridized carbons (Fsp3) is 0.271. The first-order chi connectivity index (χ1) is 28.9. The van der Waals surface area contributed by atoms with Gasteiger partial charge in [-0.05, 0) is 99.4 Å². The second kappa shape index (κ2) is 16.7. The van der Waals surface area contributed by atoms with Crippen molar-refractivity contribution in [3.63, 3.8) is 0 Å². The molecule has 1 aromatic heterocycles. The van der Waals surface area contributed by atoms with Crippen LogP contribution in [0.1, 0.15) is 51.3 Å². The van der Waals surface area contributed by atoms with Crippen LogP contribution < -0.4 is 15.3 Å². The van der Waals surface area contributed by atoms with Crippen LogP contribution in [0.25, 0.3) is 11.6 Å². The number of imide groups is 1. The number of pyridine rings is 1. The molecule has 60 heavy (non-hydrogen) atoms. The summed E-state index contributed by atoms with van der Waals surface area (Å²) in [6.45, 7) is 7.13. The van der Waals surface area contributed by atoms with Gasteiger partial charge in [-0.15, -0.1) is 0 Å². The molecule has 2 fully saturated rings. The second-order valence-electron chi connectivity index (χ2n) is 16.7. The molecular formula is C48H46ClN3O7Si. The highest BCUT2D eigenvalue weighted by Gasteiger charge is 2.58. The summed E-state index contributed by atoms with van der Waals surface area (Å²) in [5, 5.41) is 24.1. The van der Waals surface area contributed by atoms with Crippen LogP contribution in [-0.4, -0.2) is 54.5 Å². The number of hydrogen-bond donors (Lipinski definition) is 1. The summed E-state index contributed by atoms with van der Waals surface area (Å²) in [7, 11) is -3.03. The molecular weight excluding hydrogens is 794 g/mol. The Morgan fingerprint density at radius 1 is 0.933 bits per heavy atom. The Labute approximate surface area is 355 Å². The monoisotopic (exact) mass is 839 g/mol. The van der Waals surface area contributed by atoms with Crippen LogP contribution in [0, 0.1) is 27.9 Å². The number of phenolic OH excluding ortho intramolecular Hbond substituents is 1. The third kappa shape index (κ3) is 7.62. The molecule has 0 spiro atoms. The zero-order chi connectivity index (χ0) is 42.2. The van der Waals surface area contributed by atoms with Gasteiger partial charge >= 0.3 is 0 Å². The average Bonchev–Trinajstić information content (AvgIpc) is 3.78. The lowest BCUT2D eigenvalue weighted by molar-refractivity contribution is -0.384. The lowest BCUT2D eigenvalue weighted by atomic mass is 9.69. The van der Waals surface area contributed by atoms with Gasteiger partial charge in [-0.3, -0.25) is 24.7 Å². The summed E-state index contributed by atoms with van der Waals surface area (Å²) in [5.74, 6) is -2.47. The summed E-state index contributed by atoms with van der Waals surface area (Å²) in [6, 6.07) is 37.1. The van der Waals surface area contributed by atoms with E-state index in [0.717, 1.165) is 43.3 Å². The largest absolute Gasteiger partial charge is 0.508 e. The number of aromatic nitrogens is 1. The van der Waals surface area contributed by atoms with E-state index in [0.29, 0.717) is 17.9 Å². The number of nitrogens with zero attached hydrogens (tertiary/aromatic N) is 3. The van der Waals surface area contributed by atoms with Crippen LogP contribution in [0.5, 0.6) is 5.75 Å². The molecule has 2 saturated heterocycles. The van der Waals surface area contributed by atoms with E-state index in [2.05, 4.69) is 50.0 Å². The van der Waals surface area contributed by atoms with Gasteiger partial charge < -0.3 is 14.3 Å². The van der Waals surface area contributed by atoms with Gasteiger partial charge in [0.2, 0.25) is 11.8 Å². The SMILES string of the molecule is CC(C)(C)[Si](OCC1=C2[C@@H](CC/C(=C/c3ccc(O)cc3Cl)c3ccccn3)OC[C@@H]2[C@@H]2C(=O)N(c3cccc([N+](=O)[O-])c3)C(=O)[C@@H]2C1)(c1ccccc1)c1ccccc1. The number of phenols is 1. The molecule has 1 aliphatic carbocycles. The maximum absolute atomic E-state index is 14.5. The van der Waals surface area contributed by atoms with Gasteiger partial charge in [0.15, 0.2) is 0 Å². The number of ether oxygens (including phenoxy) is 1. The number of non-ortho nitro benzene ring substituents is 1. The third-order valence-electron chi connectivity index (χ3n) is 12.2. The molecule has 306 valence electrons. The average molecular weight is 840 g/mol. The van der Waals surface area contributed by atoms with E-state index in [9.17, 15) is 24.8 Å². The first-order valence-electron chi connectivity index (χ1n) is 20.2. The van der Waals surface area contributed by atoms with Crippen molar-refractivity contribution in [1.29, 1.82) is 0 Å². The third-order valence-corrected chi connectivity index (χ3v) is 17.5. The number of carbonyl (C=O) groups excluding carboxylic acids is 2. The molecule has 2 amide bonds. The van der Waals surface area contributed by atoms with Crippen LogP contribution in [-0.2, 0) is 18.8 Å². The Morgan fingerprint density at radius 3 is 2.27 bits per heavy atom. The molecule has 0 bridgehead atoms. The van der Waals surface area contributed by atoms with Gasteiger partial charge in [0.05, 0.1) is 52.5 Å². The number of carbonyl (C=O) groups is 2. The molecule has 3 aliphatic rings. The molecule has 4 atom stereocenters. The molecule has 12 heteroatoms. The molecule has 0 saturated carbocycles. The molecule has 0 unspecified atom stereocenters. The van der Waals surface area contributed by atoms with E-state index in [1.807, 2.05) is 60.7 Å². The van der Waals surface area contributed by atoms with Crippen molar-refractivity contribution in [2.24, 2.45) is 17.8 Å². The van der Waals surface area contributed by atoms with Crippen molar-refractivity contribution in [2.45, 2.75) is 51.2 Å². The summed E-state index contributed by atoms with van der Waals surface area (Å²) < 4.78 is 14.2. The number of nitro benzene ring substituents is 1. The predicted octanol–water partition coefficient (Wildman–Crippen LogP) is 8.77. The first-order valence-corrected chi connectivity index (χ1v) is 22.5. The number of benzene rings is 4. The Morgan fingerprint density at radius 2 is 1.63 bits per heavy atom. The summed E-state index contributed by atoms with van der Waals surface area (Å²) >= 11 is 6.58. The number of hydrogen-bond acceptors (Lipinski definition) is 8. The van der Waals surface area contributed by atoms with Gasteiger partial charge in [-0.1, -0.05) is 105 Å². The standard InChI is InChI=1S/C48H46ClN3O7Si/c1-48(2,3)60(37-15-6-4-7-16-37,38-17-8-5-9-18-38)59-29-33-26-39-45(47(55)51(46(39)54)34-13-12-14-35(27-34)52(56)57)40-30-58-43(44(33)40)23-21-32(42-19-10-11-24-50-42)25-31-20-22-36(53)28-41(31)49/h4-20,22,24-25,27-28,39-40,43,45,53H,21,23,26,29-30H2,1-3H3/b32-25-/t39-,40+,43-,45-/m1/s1. The predicted molar refractivity (Wildman–Crippen MR) is 235 cm³/mol. The summed E-state index contributed by atoms with van der Waals surface area (Å²) in [5.41, 5.74) is 4.34. The topological polar surface area (TPSA) is 132 Å². The van der Waals surface area contributed by atoms with Crippen LogP contribution >= 0.6 is 11.6 Å². The number of halogens is 1. The number of rotatable bonds is 12. The zero-order valence-corrected chi connectivity index (χ0v) is 35.4. The van der Waals surface area contributed by atoms with E-state index in [1.165, 1.54) is 24.3 Å². The van der Waals surface area contributed by atoms with E-state index in [-0.39, 0.29) is 53.6 Å². The number of nitro groups is 1. The van der Waals surface area contributed by atoms with Gasteiger partial charge in [0.1, 0.15) is 5.75 Å². The minimum atomic E-state index is -3.03. The highest BCUT2D eigenvalue weighted by atomic mass is 35.5. The van der Waals surface area contributed by atoms with Crippen LogP contribution in [0.4, 0.5) is 11.4 Å². The molecule has 5 aromatic rings. The smallest absolute Gasteiger partial charge is 0.271 e. The number of fused-ring (bicyclic) bond motifs is 3.